The number of carbonyl (C=O) groups is 1. The number of halogens is 1. The van der Waals surface area contributed by atoms with Gasteiger partial charge in [0.05, 0.1) is 0 Å². The number of aryl methyl sites for hydroxylation is 2. The molecule has 2 heterocycles. The lowest BCUT2D eigenvalue weighted by atomic mass is 10.0. The molecule has 1 aliphatic heterocycles. The highest BCUT2D eigenvalue weighted by atomic mass is 19.1. The molecular formula is C20H26FN5O. The van der Waals surface area contributed by atoms with Gasteiger partial charge in [-0.2, -0.15) is 0 Å². The minimum Gasteiger partial charge on any atom is -0.353 e. The fourth-order valence-corrected chi connectivity index (χ4v) is 3.41. The number of amides is 2. The number of nitrogens with zero attached hydrogens (tertiary/aromatic N) is 5. The van der Waals surface area contributed by atoms with Crippen molar-refractivity contribution in [3.05, 3.63) is 52.7 Å². The average Bonchev–Trinajstić information content (AvgIpc) is 2.64. The molecule has 0 bridgehead atoms. The Hall–Kier alpha value is -2.70. The lowest BCUT2D eigenvalue weighted by Gasteiger charge is -2.37. The molecule has 3 rings (SSSR count). The third kappa shape index (κ3) is 4.18. The first-order valence-electron chi connectivity index (χ1n) is 9.15. The van der Waals surface area contributed by atoms with Gasteiger partial charge in [-0.3, -0.25) is 0 Å². The Labute approximate surface area is 159 Å². The zero-order chi connectivity index (χ0) is 19.6. The van der Waals surface area contributed by atoms with Crippen LogP contribution in [0.3, 0.4) is 0 Å². The molecule has 0 N–H and O–H groups in total. The van der Waals surface area contributed by atoms with Crippen LogP contribution in [0.5, 0.6) is 0 Å². The zero-order valence-corrected chi connectivity index (χ0v) is 16.4. The number of hydrogen-bond acceptors (Lipinski definition) is 4. The number of benzene rings is 1. The minimum atomic E-state index is -0.218. The lowest BCUT2D eigenvalue weighted by Crippen LogP contribution is -2.52. The van der Waals surface area contributed by atoms with Gasteiger partial charge in [-0.15, -0.1) is 0 Å². The third-order valence-corrected chi connectivity index (χ3v) is 4.86. The minimum absolute atomic E-state index is 0.0243. The molecule has 1 aromatic heterocycles. The van der Waals surface area contributed by atoms with Gasteiger partial charge in [-0.05, 0) is 25.5 Å². The van der Waals surface area contributed by atoms with Crippen LogP contribution >= 0.6 is 0 Å². The van der Waals surface area contributed by atoms with E-state index in [0.29, 0.717) is 44.0 Å². The van der Waals surface area contributed by atoms with E-state index in [1.54, 1.807) is 31.1 Å². The quantitative estimate of drug-likeness (QED) is 0.832. The molecule has 2 amide bonds. The molecule has 1 saturated heterocycles. The SMILES string of the molecule is Cc1nc(C)c(Cc2ccccc2F)c(N2CCN(C(=O)N(C)C)CC2)n1. The van der Waals surface area contributed by atoms with Crippen LogP contribution in [0.1, 0.15) is 22.6 Å². The first kappa shape index (κ1) is 19.1. The second-order valence-corrected chi connectivity index (χ2v) is 7.08. The van der Waals surface area contributed by atoms with Crippen molar-refractivity contribution in [2.75, 3.05) is 45.2 Å². The van der Waals surface area contributed by atoms with Crippen molar-refractivity contribution in [1.29, 1.82) is 0 Å². The van der Waals surface area contributed by atoms with Gasteiger partial charge in [0.15, 0.2) is 0 Å². The van der Waals surface area contributed by atoms with E-state index in [1.807, 2.05) is 24.8 Å². The molecule has 7 heteroatoms. The van der Waals surface area contributed by atoms with Crippen molar-refractivity contribution in [3.8, 4) is 0 Å². The van der Waals surface area contributed by atoms with Gasteiger partial charge in [-0.25, -0.2) is 19.2 Å². The normalized spacial score (nSPS) is 14.4. The Kier molecular flexibility index (Phi) is 5.58. The van der Waals surface area contributed by atoms with E-state index in [9.17, 15) is 9.18 Å². The molecule has 1 fully saturated rings. The van der Waals surface area contributed by atoms with Crippen LogP contribution in [0.2, 0.25) is 0 Å². The van der Waals surface area contributed by atoms with Crippen LogP contribution in [0.4, 0.5) is 15.0 Å². The predicted octanol–water partition coefficient (Wildman–Crippen LogP) is 2.63. The molecule has 6 nitrogen and oxygen atoms in total. The summed E-state index contributed by atoms with van der Waals surface area (Å²) in [5.74, 6) is 1.33. The lowest BCUT2D eigenvalue weighted by molar-refractivity contribution is 0.168. The molecule has 1 aliphatic rings. The smallest absolute Gasteiger partial charge is 0.319 e. The predicted molar refractivity (Wildman–Crippen MR) is 104 cm³/mol. The van der Waals surface area contributed by atoms with Crippen molar-refractivity contribution < 1.29 is 9.18 Å². The monoisotopic (exact) mass is 371 g/mol. The van der Waals surface area contributed by atoms with Crippen LogP contribution in [-0.2, 0) is 6.42 Å². The van der Waals surface area contributed by atoms with Gasteiger partial charge in [0.25, 0.3) is 0 Å². The summed E-state index contributed by atoms with van der Waals surface area (Å²) in [4.78, 5) is 26.9. The van der Waals surface area contributed by atoms with Crippen LogP contribution in [0, 0.1) is 19.7 Å². The Morgan fingerprint density at radius 1 is 1.11 bits per heavy atom. The van der Waals surface area contributed by atoms with E-state index in [-0.39, 0.29) is 11.8 Å². The van der Waals surface area contributed by atoms with Crippen LogP contribution in [0.15, 0.2) is 24.3 Å². The molecule has 2 aromatic rings. The van der Waals surface area contributed by atoms with Gasteiger partial charge in [0.1, 0.15) is 17.5 Å². The highest BCUT2D eigenvalue weighted by molar-refractivity contribution is 5.74. The summed E-state index contributed by atoms with van der Waals surface area (Å²) in [5, 5.41) is 0. The highest BCUT2D eigenvalue weighted by Crippen LogP contribution is 2.26. The topological polar surface area (TPSA) is 52.6 Å². The van der Waals surface area contributed by atoms with Crippen molar-refractivity contribution in [3.63, 3.8) is 0 Å². The Morgan fingerprint density at radius 2 is 1.78 bits per heavy atom. The zero-order valence-electron chi connectivity index (χ0n) is 16.4. The molecule has 0 saturated carbocycles. The molecule has 0 atom stereocenters. The van der Waals surface area contributed by atoms with Crippen LogP contribution < -0.4 is 4.90 Å². The standard InChI is InChI=1S/C20H26FN5O/c1-14-17(13-16-7-5-6-8-18(16)21)19(23-15(2)22-14)25-9-11-26(12-10-25)20(27)24(3)4/h5-8H,9-13H2,1-4H3. The van der Waals surface area contributed by atoms with Gasteiger partial charge >= 0.3 is 6.03 Å². The molecule has 0 aliphatic carbocycles. The van der Waals surface area contributed by atoms with Crippen LogP contribution in [0.25, 0.3) is 0 Å². The number of piperazine rings is 1. The van der Waals surface area contributed by atoms with Crippen LogP contribution in [-0.4, -0.2) is 66.1 Å². The summed E-state index contributed by atoms with van der Waals surface area (Å²) >= 11 is 0. The van der Waals surface area contributed by atoms with E-state index in [2.05, 4.69) is 14.9 Å². The molecule has 0 radical (unpaired) electrons. The number of anilines is 1. The first-order chi connectivity index (χ1) is 12.9. The summed E-state index contributed by atoms with van der Waals surface area (Å²) in [6.07, 6.45) is 0.449. The fourth-order valence-electron chi connectivity index (χ4n) is 3.41. The van der Waals surface area contributed by atoms with E-state index < -0.39 is 0 Å². The molecule has 0 spiro atoms. The number of rotatable bonds is 3. The molecular weight excluding hydrogens is 345 g/mol. The van der Waals surface area contributed by atoms with E-state index in [0.717, 1.165) is 17.1 Å². The largest absolute Gasteiger partial charge is 0.353 e. The summed E-state index contributed by atoms with van der Waals surface area (Å²) in [5.41, 5.74) is 2.45. The highest BCUT2D eigenvalue weighted by Gasteiger charge is 2.25. The number of aromatic nitrogens is 2. The molecule has 1 aromatic carbocycles. The second-order valence-electron chi connectivity index (χ2n) is 7.08. The second kappa shape index (κ2) is 7.90. The summed E-state index contributed by atoms with van der Waals surface area (Å²) < 4.78 is 14.2. The Balaban J connectivity index is 1.86. The van der Waals surface area contributed by atoms with E-state index in [4.69, 9.17) is 0 Å². The summed E-state index contributed by atoms with van der Waals surface area (Å²) in [6.45, 7) is 6.48. The summed E-state index contributed by atoms with van der Waals surface area (Å²) in [7, 11) is 3.52. The van der Waals surface area contributed by atoms with E-state index >= 15 is 0 Å². The molecule has 27 heavy (non-hydrogen) atoms. The molecule has 144 valence electrons. The van der Waals surface area contributed by atoms with Crippen molar-refractivity contribution in [2.45, 2.75) is 20.3 Å². The van der Waals surface area contributed by atoms with E-state index in [1.165, 1.54) is 6.07 Å². The maximum absolute atomic E-state index is 14.2. The van der Waals surface area contributed by atoms with Crippen molar-refractivity contribution >= 4 is 11.8 Å². The first-order valence-corrected chi connectivity index (χ1v) is 9.15. The maximum atomic E-state index is 14.2. The maximum Gasteiger partial charge on any atom is 0.319 e. The molecule has 0 unspecified atom stereocenters. The number of carbonyl (C=O) groups excluding carboxylic acids is 1. The van der Waals surface area contributed by atoms with Gasteiger partial charge in [-0.1, -0.05) is 18.2 Å². The van der Waals surface area contributed by atoms with Crippen molar-refractivity contribution in [2.24, 2.45) is 0 Å². The fraction of sp³-hybridized carbons (Fsp3) is 0.450. The Morgan fingerprint density at radius 3 is 2.41 bits per heavy atom. The number of hydrogen-bond donors (Lipinski definition) is 0. The third-order valence-electron chi connectivity index (χ3n) is 4.86. The van der Waals surface area contributed by atoms with Gasteiger partial charge in [0, 0.05) is 58.0 Å². The van der Waals surface area contributed by atoms with Gasteiger partial charge in [0.2, 0.25) is 0 Å². The van der Waals surface area contributed by atoms with Gasteiger partial charge < -0.3 is 14.7 Å². The van der Waals surface area contributed by atoms with Crippen molar-refractivity contribution in [1.82, 2.24) is 19.8 Å². The summed E-state index contributed by atoms with van der Waals surface area (Å²) in [6, 6.07) is 6.83. The average molecular weight is 371 g/mol. The number of urea groups is 1. The Bertz CT molecular complexity index is 831.